The Morgan fingerprint density at radius 1 is 0.729 bits per heavy atom. The van der Waals surface area contributed by atoms with Crippen LogP contribution in [-0.2, 0) is 20.7 Å². The van der Waals surface area contributed by atoms with Crippen molar-refractivity contribution in [2.45, 2.75) is 172 Å². The van der Waals surface area contributed by atoms with Crippen molar-refractivity contribution < 1.29 is 19.4 Å². The molecule has 0 saturated carbocycles. The summed E-state index contributed by atoms with van der Waals surface area (Å²) in [5.41, 5.74) is 6.85. The normalized spacial score (nSPS) is 19.0. The lowest BCUT2D eigenvalue weighted by molar-refractivity contribution is -0.137. The van der Waals surface area contributed by atoms with E-state index in [4.69, 9.17) is 14.6 Å². The van der Waals surface area contributed by atoms with Crippen molar-refractivity contribution in [2.75, 3.05) is 42.0 Å². The number of fused-ring (bicyclic) bond motifs is 3. The Bertz CT molecular complexity index is 1750. The lowest BCUT2D eigenvalue weighted by Crippen LogP contribution is -2.33. The van der Waals surface area contributed by atoms with Gasteiger partial charge in [0.15, 0.2) is 0 Å². The van der Waals surface area contributed by atoms with E-state index in [2.05, 4.69) is 166 Å². The van der Waals surface area contributed by atoms with Crippen molar-refractivity contribution in [1.82, 2.24) is 0 Å². The van der Waals surface area contributed by atoms with Crippen molar-refractivity contribution >= 4 is 39.5 Å². The van der Waals surface area contributed by atoms with E-state index in [0.29, 0.717) is 6.42 Å². The van der Waals surface area contributed by atoms with Gasteiger partial charge in [-0.3, -0.25) is 4.79 Å². The van der Waals surface area contributed by atoms with Gasteiger partial charge in [-0.2, -0.15) is 33.6 Å². The highest BCUT2D eigenvalue weighted by Gasteiger charge is 2.39. The van der Waals surface area contributed by atoms with Crippen molar-refractivity contribution in [3.8, 4) is 11.1 Å². The molecule has 1 heterocycles. The minimum atomic E-state index is -1.28. The lowest BCUT2D eigenvalue weighted by atomic mass is 9.91. The zero-order chi connectivity index (χ0) is 43.3. The van der Waals surface area contributed by atoms with Crippen LogP contribution in [0.1, 0.15) is 157 Å². The van der Waals surface area contributed by atoms with Crippen molar-refractivity contribution in [1.29, 1.82) is 0 Å². The Morgan fingerprint density at radius 3 is 2.00 bits per heavy atom. The van der Waals surface area contributed by atoms with E-state index in [1.807, 2.05) is 0 Å². The van der Waals surface area contributed by atoms with Crippen LogP contribution in [0.15, 0.2) is 76.5 Å². The fraction of sp³-hybridized carbons (Fsp3) is 0.635. The SMILES string of the molecule is CCC(C)(COC(C)(C)CC)CSCCCS1(CCCSC(C)(CC)CCOC(C)(C)CC)c2ccccc2-c2ccc(C(C)c3ccc(CCCC(=O)O)cc3)cc21. The van der Waals surface area contributed by atoms with Crippen molar-refractivity contribution in [3.63, 3.8) is 0 Å². The minimum Gasteiger partial charge on any atom is -0.481 e. The van der Waals surface area contributed by atoms with E-state index in [9.17, 15) is 4.79 Å². The third kappa shape index (κ3) is 14.1. The quantitative estimate of drug-likeness (QED) is 0.0734. The fourth-order valence-corrected chi connectivity index (χ4v) is 15.1. The smallest absolute Gasteiger partial charge is 0.303 e. The molecule has 3 aromatic rings. The zero-order valence-corrected chi connectivity index (χ0v) is 41.3. The number of rotatable bonds is 28. The fourth-order valence-electron chi connectivity index (χ4n) is 7.72. The van der Waals surface area contributed by atoms with Gasteiger partial charge in [-0.25, -0.2) is 0 Å². The zero-order valence-electron chi connectivity index (χ0n) is 38.8. The number of hydrogen-bond acceptors (Lipinski definition) is 5. The Morgan fingerprint density at radius 2 is 1.36 bits per heavy atom. The van der Waals surface area contributed by atoms with Crippen LogP contribution in [0.5, 0.6) is 0 Å². The van der Waals surface area contributed by atoms with Gasteiger partial charge in [0, 0.05) is 39.2 Å². The first-order valence-corrected chi connectivity index (χ1v) is 26.9. The van der Waals surface area contributed by atoms with Gasteiger partial charge in [0.2, 0.25) is 0 Å². The molecule has 0 saturated heterocycles. The second kappa shape index (κ2) is 22.5. The molecule has 0 aliphatic carbocycles. The summed E-state index contributed by atoms with van der Waals surface area (Å²) in [6.45, 7) is 26.8. The first-order valence-electron chi connectivity index (χ1n) is 22.8. The van der Waals surface area contributed by atoms with Gasteiger partial charge in [-0.05, 0) is 154 Å². The van der Waals surface area contributed by atoms with E-state index < -0.39 is 16.0 Å². The van der Waals surface area contributed by atoms with Gasteiger partial charge in [-0.15, -0.1) is 0 Å². The standard InChI is InChI=1S/C52H80O4S3/c1-12-49(6,7)55-32-31-52(11,15-4)58-34-20-36-59(35-19-33-57-39-51(10,14-3)38-56-50(8,9)13-2)46-23-17-16-22-44(46)45-30-29-43(37-47(45)59)40(5)42-27-25-41(26-28-42)21-18-24-48(53)54/h16-17,22-23,25-30,37,40H,12-15,18-21,24,31-36,38-39H2,1-11H3,(H,53,54). The van der Waals surface area contributed by atoms with Gasteiger partial charge >= 0.3 is 5.97 Å². The Hall–Kier alpha value is -1.90. The molecule has 330 valence electrons. The van der Waals surface area contributed by atoms with E-state index >= 15 is 0 Å². The van der Waals surface area contributed by atoms with Crippen LogP contribution in [0.2, 0.25) is 0 Å². The van der Waals surface area contributed by atoms with E-state index in [1.165, 1.54) is 63.7 Å². The average Bonchev–Trinajstić information content (AvgIpc) is 3.50. The van der Waals surface area contributed by atoms with Gasteiger partial charge in [0.05, 0.1) is 17.8 Å². The lowest BCUT2D eigenvalue weighted by Gasteiger charge is -2.39. The Labute approximate surface area is 370 Å². The van der Waals surface area contributed by atoms with Crippen molar-refractivity contribution in [3.05, 3.63) is 83.4 Å². The molecule has 0 fully saturated rings. The van der Waals surface area contributed by atoms with Gasteiger partial charge in [0.1, 0.15) is 0 Å². The Balaban J connectivity index is 1.59. The first-order chi connectivity index (χ1) is 27.9. The number of hydrogen-bond donors (Lipinski definition) is 1. The molecule has 4 unspecified atom stereocenters. The average molecular weight is 865 g/mol. The number of aliphatic carboxylic acids is 1. The van der Waals surface area contributed by atoms with Crippen LogP contribution < -0.4 is 0 Å². The molecule has 0 spiro atoms. The number of carboxylic acids is 1. The molecular weight excluding hydrogens is 785 g/mol. The van der Waals surface area contributed by atoms with Gasteiger partial charge < -0.3 is 14.6 Å². The van der Waals surface area contributed by atoms with E-state index in [1.54, 1.807) is 9.79 Å². The summed E-state index contributed by atoms with van der Waals surface area (Å²) in [6, 6.07) is 25.7. The maximum Gasteiger partial charge on any atom is 0.303 e. The van der Waals surface area contributed by atoms with Crippen LogP contribution in [0, 0.1) is 5.41 Å². The second-order valence-electron chi connectivity index (χ2n) is 18.9. The van der Waals surface area contributed by atoms with Crippen LogP contribution in [0.25, 0.3) is 11.1 Å². The largest absolute Gasteiger partial charge is 0.481 e. The molecule has 1 aliphatic rings. The molecule has 4 nitrogen and oxygen atoms in total. The van der Waals surface area contributed by atoms with Crippen molar-refractivity contribution in [2.24, 2.45) is 5.41 Å². The topological polar surface area (TPSA) is 55.8 Å². The molecule has 4 atom stereocenters. The van der Waals surface area contributed by atoms with Gasteiger partial charge in [-0.1, -0.05) is 103 Å². The molecule has 0 bridgehead atoms. The highest BCUT2D eigenvalue weighted by molar-refractivity contribution is 8.34. The molecule has 1 aliphatic heterocycles. The predicted molar refractivity (Wildman–Crippen MR) is 262 cm³/mol. The number of benzene rings is 3. The minimum absolute atomic E-state index is 0.0609. The summed E-state index contributed by atoms with van der Waals surface area (Å²) >= 11 is 4.31. The highest BCUT2D eigenvalue weighted by atomic mass is 32.3. The molecule has 0 amide bonds. The summed E-state index contributed by atoms with van der Waals surface area (Å²) < 4.78 is 13.0. The van der Waals surface area contributed by atoms with Gasteiger partial charge in [0.25, 0.3) is 0 Å². The molecular formula is C52H80O4S3. The maximum absolute atomic E-state index is 11.1. The number of thioether (sulfide) groups is 2. The van der Waals surface area contributed by atoms with Crippen LogP contribution in [0.4, 0.5) is 0 Å². The summed E-state index contributed by atoms with van der Waals surface area (Å²) in [6.07, 6.45) is 9.52. The monoisotopic (exact) mass is 865 g/mol. The van der Waals surface area contributed by atoms with Crippen LogP contribution in [-0.4, -0.2) is 69.0 Å². The van der Waals surface area contributed by atoms with E-state index in [-0.39, 0.29) is 33.7 Å². The molecule has 59 heavy (non-hydrogen) atoms. The van der Waals surface area contributed by atoms with E-state index in [0.717, 1.165) is 57.5 Å². The summed E-state index contributed by atoms with van der Waals surface area (Å²) in [5, 5.41) is 9.11. The summed E-state index contributed by atoms with van der Waals surface area (Å²) in [4.78, 5) is 14.3. The number of carbonyl (C=O) groups is 1. The molecule has 1 N–H and O–H groups in total. The second-order valence-corrected chi connectivity index (χ2v) is 25.2. The summed E-state index contributed by atoms with van der Waals surface area (Å²) in [7, 11) is -1.28. The first kappa shape index (κ1) is 49.8. The van der Waals surface area contributed by atoms with Crippen LogP contribution in [0.3, 0.4) is 0 Å². The maximum atomic E-state index is 11.1. The molecule has 0 radical (unpaired) electrons. The molecule has 4 rings (SSSR count). The summed E-state index contributed by atoms with van der Waals surface area (Å²) in [5.74, 6) is 5.46. The number of carboxylic acid groups (broad SMARTS) is 1. The predicted octanol–water partition coefficient (Wildman–Crippen LogP) is 15.1. The highest BCUT2D eigenvalue weighted by Crippen LogP contribution is 2.72. The van der Waals surface area contributed by atoms with Crippen LogP contribution >= 0.6 is 33.6 Å². The Kier molecular flexibility index (Phi) is 18.9. The number of ether oxygens (including phenoxy) is 2. The molecule has 7 heteroatoms. The molecule has 3 aromatic carbocycles. The third-order valence-electron chi connectivity index (χ3n) is 13.4. The molecule has 0 aromatic heterocycles. The third-order valence-corrected chi connectivity index (χ3v) is 20.9. The number of aryl methyl sites for hydroxylation is 1.